The minimum absolute atomic E-state index is 0.0148. The van der Waals surface area contributed by atoms with Crippen molar-refractivity contribution in [2.75, 3.05) is 31.5 Å². The van der Waals surface area contributed by atoms with Crippen molar-refractivity contribution in [3.63, 3.8) is 0 Å². The molecule has 232 valence electrons. The van der Waals surface area contributed by atoms with Crippen LogP contribution in [0.5, 0.6) is 17.2 Å². The van der Waals surface area contributed by atoms with E-state index in [0.29, 0.717) is 46.5 Å². The fourth-order valence-electron chi connectivity index (χ4n) is 4.94. The molecular weight excluding hydrogens is 589 g/mol. The van der Waals surface area contributed by atoms with Gasteiger partial charge in [-0.3, -0.25) is 14.5 Å². The lowest BCUT2D eigenvalue weighted by molar-refractivity contribution is -0.114. The quantitative estimate of drug-likeness (QED) is 0.150. The zero-order valence-electron chi connectivity index (χ0n) is 25.3. The number of nitrogens with zero attached hydrogens (tertiary/aromatic N) is 2. The molecule has 9 nitrogen and oxygen atoms in total. The Morgan fingerprint density at radius 2 is 1.66 bits per heavy atom. The number of amides is 2. The molecule has 0 bridgehead atoms. The first-order chi connectivity index (χ1) is 21.2. The molecule has 1 N–H and O–H groups in total. The average molecular weight is 624 g/mol. The predicted octanol–water partition coefficient (Wildman–Crippen LogP) is 8.22. The zero-order chi connectivity index (χ0) is 31.8. The highest BCUT2D eigenvalue weighted by atomic mass is 35.5. The van der Waals surface area contributed by atoms with E-state index >= 15 is 4.39 Å². The molecule has 0 radical (unpaired) electrons. The number of carbonyl (C=O) groups is 2. The monoisotopic (exact) mass is 623 g/mol. The van der Waals surface area contributed by atoms with Gasteiger partial charge in [-0.25, -0.2) is 4.39 Å². The normalized spacial score (nSPS) is 10.8. The summed E-state index contributed by atoms with van der Waals surface area (Å²) in [5, 5.41) is 7.00. The lowest BCUT2D eigenvalue weighted by atomic mass is 10.0. The highest BCUT2D eigenvalue weighted by Crippen LogP contribution is 2.44. The number of hydrogen-bond acceptors (Lipinski definition) is 7. The maximum absolute atomic E-state index is 15.3. The first kappa shape index (κ1) is 32.3. The Balaban J connectivity index is 1.98. The molecule has 0 saturated carbocycles. The van der Waals surface area contributed by atoms with E-state index in [1.54, 1.807) is 36.4 Å². The third-order valence-electron chi connectivity index (χ3n) is 6.97. The first-order valence-corrected chi connectivity index (χ1v) is 14.6. The summed E-state index contributed by atoms with van der Waals surface area (Å²) in [4.78, 5) is 28.2. The van der Waals surface area contributed by atoms with E-state index in [4.69, 9.17) is 30.3 Å². The van der Waals surface area contributed by atoms with Crippen molar-refractivity contribution < 1.29 is 32.7 Å². The Kier molecular flexibility index (Phi) is 10.8. The van der Waals surface area contributed by atoms with Gasteiger partial charge in [-0.2, -0.15) is 0 Å². The maximum Gasteiger partial charge on any atom is 0.268 e. The number of ether oxygens (including phenoxy) is 3. The van der Waals surface area contributed by atoms with E-state index in [0.717, 1.165) is 25.7 Å². The summed E-state index contributed by atoms with van der Waals surface area (Å²) >= 11 is 6.46. The van der Waals surface area contributed by atoms with E-state index in [1.807, 2.05) is 0 Å². The van der Waals surface area contributed by atoms with E-state index < -0.39 is 11.7 Å². The molecule has 0 atom stereocenters. The number of nitrogens with one attached hydrogen (secondary N) is 1. The van der Waals surface area contributed by atoms with Crippen molar-refractivity contribution in [1.29, 1.82) is 0 Å². The number of aromatic nitrogens is 1. The van der Waals surface area contributed by atoms with E-state index in [1.165, 1.54) is 51.4 Å². The summed E-state index contributed by atoms with van der Waals surface area (Å²) in [6.07, 6.45) is 4.08. The van der Waals surface area contributed by atoms with Crippen LogP contribution < -0.4 is 24.4 Å². The van der Waals surface area contributed by atoms with Crippen LogP contribution in [-0.2, 0) is 11.2 Å². The highest BCUT2D eigenvalue weighted by Gasteiger charge is 2.33. The average Bonchev–Trinajstić information content (AvgIpc) is 3.41. The van der Waals surface area contributed by atoms with Gasteiger partial charge < -0.3 is 24.1 Å². The summed E-state index contributed by atoms with van der Waals surface area (Å²) in [7, 11) is 4.42. The smallest absolute Gasteiger partial charge is 0.268 e. The molecule has 4 rings (SSSR count). The Morgan fingerprint density at radius 1 is 0.955 bits per heavy atom. The Labute approximate surface area is 260 Å². The van der Waals surface area contributed by atoms with Crippen molar-refractivity contribution >= 4 is 40.5 Å². The molecular formula is C33H35ClFN3O6. The Bertz CT molecular complexity index is 1590. The van der Waals surface area contributed by atoms with Crippen molar-refractivity contribution in [3.05, 3.63) is 76.8 Å². The molecule has 0 unspecified atom stereocenters. The van der Waals surface area contributed by atoms with Gasteiger partial charge in [0.2, 0.25) is 11.7 Å². The lowest BCUT2D eigenvalue weighted by Gasteiger charge is -2.26. The van der Waals surface area contributed by atoms with Crippen molar-refractivity contribution in [1.82, 2.24) is 5.16 Å². The van der Waals surface area contributed by atoms with Gasteiger partial charge in [-0.15, -0.1) is 0 Å². The third kappa shape index (κ3) is 6.97. The number of hydrogen-bond donors (Lipinski definition) is 1. The molecule has 0 spiro atoms. The van der Waals surface area contributed by atoms with Crippen LogP contribution in [0.25, 0.3) is 11.3 Å². The fourth-order valence-corrected chi connectivity index (χ4v) is 5.19. The van der Waals surface area contributed by atoms with Crippen LogP contribution >= 0.6 is 11.6 Å². The molecule has 0 aliphatic carbocycles. The van der Waals surface area contributed by atoms with Gasteiger partial charge in [0.05, 0.1) is 43.3 Å². The summed E-state index contributed by atoms with van der Waals surface area (Å²) in [5.74, 6) is -0.253. The molecule has 1 heterocycles. The van der Waals surface area contributed by atoms with Crippen LogP contribution in [0, 0.1) is 5.82 Å². The second kappa shape index (κ2) is 14.7. The first-order valence-electron chi connectivity index (χ1n) is 14.2. The van der Waals surface area contributed by atoms with Crippen molar-refractivity contribution in [3.8, 4) is 28.5 Å². The standard InChI is InChI=1S/C33H35ClFN3O6/c1-6-7-8-9-16-26-30(31(37-44-26)29-24(34)14-11-15-25(29)35)33(40)38(22-13-10-12-21(17-22)36-20(2)39)23-18-27(41-3)32(43-5)28(19-23)42-4/h10-15,17-19H,6-9,16H2,1-5H3,(H,36,39). The Morgan fingerprint density at radius 3 is 2.27 bits per heavy atom. The minimum atomic E-state index is -0.649. The molecule has 0 fully saturated rings. The molecule has 0 saturated heterocycles. The number of aryl methyl sites for hydroxylation is 1. The molecule has 44 heavy (non-hydrogen) atoms. The van der Waals surface area contributed by atoms with E-state index in [2.05, 4.69) is 17.4 Å². The molecule has 0 aliphatic heterocycles. The van der Waals surface area contributed by atoms with Gasteiger partial charge in [0.25, 0.3) is 5.91 Å². The summed E-state index contributed by atoms with van der Waals surface area (Å²) in [6, 6.07) is 14.2. The number of halogens is 2. The second-order valence-corrected chi connectivity index (χ2v) is 10.4. The lowest BCUT2D eigenvalue weighted by Crippen LogP contribution is -2.27. The van der Waals surface area contributed by atoms with Gasteiger partial charge in [0, 0.05) is 31.2 Å². The molecule has 0 aliphatic rings. The number of carbonyl (C=O) groups excluding carboxylic acids is 2. The molecule has 4 aromatic rings. The second-order valence-electron chi connectivity index (χ2n) is 9.99. The summed E-state index contributed by atoms with van der Waals surface area (Å²) < 4.78 is 37.7. The van der Waals surface area contributed by atoms with Crippen LogP contribution in [-0.4, -0.2) is 38.3 Å². The maximum atomic E-state index is 15.3. The van der Waals surface area contributed by atoms with Crippen LogP contribution in [0.4, 0.5) is 21.5 Å². The van der Waals surface area contributed by atoms with Crippen LogP contribution in [0.3, 0.4) is 0 Å². The van der Waals surface area contributed by atoms with Crippen LogP contribution in [0.2, 0.25) is 5.02 Å². The van der Waals surface area contributed by atoms with E-state index in [-0.39, 0.29) is 27.8 Å². The van der Waals surface area contributed by atoms with Gasteiger partial charge in [0.15, 0.2) is 11.5 Å². The van der Waals surface area contributed by atoms with Crippen molar-refractivity contribution in [2.24, 2.45) is 0 Å². The molecule has 11 heteroatoms. The zero-order valence-corrected chi connectivity index (χ0v) is 26.1. The highest BCUT2D eigenvalue weighted by molar-refractivity contribution is 6.33. The van der Waals surface area contributed by atoms with Crippen LogP contribution in [0.15, 0.2) is 59.1 Å². The number of anilines is 3. The topological polar surface area (TPSA) is 103 Å². The van der Waals surface area contributed by atoms with Crippen molar-refractivity contribution in [2.45, 2.75) is 46.0 Å². The minimum Gasteiger partial charge on any atom is -0.493 e. The number of methoxy groups -OCH3 is 3. The SMILES string of the molecule is CCCCCCc1onc(-c2c(F)cccc2Cl)c1C(=O)N(c1cccc(NC(C)=O)c1)c1cc(OC)c(OC)c(OC)c1. The molecule has 2 amide bonds. The van der Waals surface area contributed by atoms with Gasteiger partial charge in [0.1, 0.15) is 22.8 Å². The molecule has 1 aromatic heterocycles. The van der Waals surface area contributed by atoms with Crippen LogP contribution in [0.1, 0.15) is 55.6 Å². The van der Waals surface area contributed by atoms with Gasteiger partial charge in [-0.05, 0) is 36.8 Å². The number of benzene rings is 3. The third-order valence-corrected chi connectivity index (χ3v) is 7.28. The summed E-state index contributed by atoms with van der Waals surface area (Å²) in [5.41, 5.74) is 1.19. The summed E-state index contributed by atoms with van der Waals surface area (Å²) in [6.45, 7) is 3.49. The predicted molar refractivity (Wildman–Crippen MR) is 168 cm³/mol. The molecule has 3 aromatic carbocycles. The largest absolute Gasteiger partial charge is 0.493 e. The number of unbranched alkanes of at least 4 members (excludes halogenated alkanes) is 3. The fraction of sp³-hybridized carbons (Fsp3) is 0.303. The Hall–Kier alpha value is -4.57. The van der Waals surface area contributed by atoms with Gasteiger partial charge in [-0.1, -0.05) is 55.1 Å². The van der Waals surface area contributed by atoms with E-state index in [9.17, 15) is 9.59 Å². The van der Waals surface area contributed by atoms with Gasteiger partial charge >= 0.3 is 0 Å². The number of rotatable bonds is 13.